The van der Waals surface area contributed by atoms with Crippen molar-refractivity contribution in [2.45, 2.75) is 12.6 Å². The van der Waals surface area contributed by atoms with Crippen LogP contribution in [0.2, 0.25) is 0 Å². The Balaban J connectivity index is 1.94. The van der Waals surface area contributed by atoms with Crippen molar-refractivity contribution >= 4 is 17.9 Å². The second-order valence-corrected chi connectivity index (χ2v) is 6.05. The van der Waals surface area contributed by atoms with Crippen molar-refractivity contribution in [2.24, 2.45) is 0 Å². The first-order valence-electron chi connectivity index (χ1n) is 7.89. The summed E-state index contributed by atoms with van der Waals surface area (Å²) in [6, 6.07) is 9.80. The van der Waals surface area contributed by atoms with Crippen LogP contribution in [0.5, 0.6) is 5.75 Å². The van der Waals surface area contributed by atoms with Gasteiger partial charge < -0.3 is 9.84 Å². The molecule has 8 nitrogen and oxygen atoms in total. The molecule has 3 rings (SSSR count). The van der Waals surface area contributed by atoms with Gasteiger partial charge in [-0.2, -0.15) is 0 Å². The lowest BCUT2D eigenvalue weighted by atomic mass is 9.98. The summed E-state index contributed by atoms with van der Waals surface area (Å²) in [4.78, 5) is 36.6. The van der Waals surface area contributed by atoms with E-state index in [0.717, 1.165) is 0 Å². The Morgan fingerprint density at radius 1 is 1.15 bits per heavy atom. The monoisotopic (exact) mass is 373 g/mol. The highest BCUT2D eigenvalue weighted by Gasteiger charge is 2.42. The highest BCUT2D eigenvalue weighted by Crippen LogP contribution is 2.39. The molecular weight excluding hydrogens is 357 g/mol. The van der Waals surface area contributed by atoms with Crippen molar-refractivity contribution in [1.82, 2.24) is 15.8 Å². The minimum Gasteiger partial charge on any atom is -0.464 e. The molecule has 0 bridgehead atoms. The van der Waals surface area contributed by atoms with Crippen molar-refractivity contribution in [2.75, 3.05) is 7.05 Å². The minimum absolute atomic E-state index is 0.0817. The molecule has 0 spiro atoms. The average Bonchev–Trinajstić information content (AvgIpc) is 2.64. The summed E-state index contributed by atoms with van der Waals surface area (Å²) >= 11 is 0. The summed E-state index contributed by atoms with van der Waals surface area (Å²) in [6.07, 6.45) is -1.42. The van der Waals surface area contributed by atoms with Crippen LogP contribution in [0.15, 0.2) is 42.5 Å². The molecule has 2 aromatic rings. The van der Waals surface area contributed by atoms with E-state index in [1.165, 1.54) is 54.4 Å². The standard InChI is InChI=1S/C18H16FN3O5/c1-18(11-4-6-12(19)7-5-11)22(2)16(24)13-9-10(3-8-14(13)27-18)15(23)20-21-17(25)26/h3-9,21H,1-2H3,(H,20,23)(H,25,26). The topological polar surface area (TPSA) is 108 Å². The van der Waals surface area contributed by atoms with Gasteiger partial charge in [0.25, 0.3) is 11.8 Å². The molecule has 1 heterocycles. The highest BCUT2D eigenvalue weighted by molar-refractivity contribution is 6.02. The number of carbonyl (C=O) groups excluding carboxylic acids is 2. The van der Waals surface area contributed by atoms with Crippen molar-refractivity contribution in [1.29, 1.82) is 0 Å². The van der Waals surface area contributed by atoms with E-state index in [4.69, 9.17) is 9.84 Å². The number of hydrogen-bond donors (Lipinski definition) is 3. The van der Waals surface area contributed by atoms with Crippen LogP contribution >= 0.6 is 0 Å². The molecule has 0 aromatic heterocycles. The van der Waals surface area contributed by atoms with Gasteiger partial charge in [-0.25, -0.2) is 14.6 Å². The molecule has 2 aromatic carbocycles. The summed E-state index contributed by atoms with van der Waals surface area (Å²) in [5.41, 5.74) is 3.39. The van der Waals surface area contributed by atoms with E-state index in [9.17, 15) is 18.8 Å². The number of amides is 3. The molecule has 3 amide bonds. The summed E-state index contributed by atoms with van der Waals surface area (Å²) in [6.45, 7) is 1.68. The fourth-order valence-corrected chi connectivity index (χ4v) is 2.78. The molecule has 0 radical (unpaired) electrons. The number of nitrogens with one attached hydrogen (secondary N) is 2. The van der Waals surface area contributed by atoms with Crippen LogP contribution in [0, 0.1) is 5.82 Å². The molecule has 0 saturated carbocycles. The van der Waals surface area contributed by atoms with E-state index < -0.39 is 29.4 Å². The summed E-state index contributed by atoms with van der Waals surface area (Å²) in [5.74, 6) is -1.27. The van der Waals surface area contributed by atoms with Gasteiger partial charge in [-0.3, -0.25) is 19.9 Å². The second kappa shape index (κ2) is 6.60. The van der Waals surface area contributed by atoms with Gasteiger partial charge in [-0.05, 0) is 37.3 Å². The number of rotatable bonds is 2. The van der Waals surface area contributed by atoms with Crippen molar-refractivity contribution in [3.63, 3.8) is 0 Å². The number of ether oxygens (including phenoxy) is 1. The maximum Gasteiger partial charge on any atom is 0.423 e. The van der Waals surface area contributed by atoms with Crippen LogP contribution in [0.25, 0.3) is 0 Å². The third kappa shape index (κ3) is 3.26. The zero-order valence-electron chi connectivity index (χ0n) is 14.4. The number of carbonyl (C=O) groups is 3. The molecule has 140 valence electrons. The molecule has 1 aliphatic heterocycles. The third-order valence-corrected chi connectivity index (χ3v) is 4.39. The van der Waals surface area contributed by atoms with E-state index in [1.807, 2.05) is 5.43 Å². The largest absolute Gasteiger partial charge is 0.464 e. The number of nitrogens with zero attached hydrogens (tertiary/aromatic N) is 1. The van der Waals surface area contributed by atoms with E-state index >= 15 is 0 Å². The van der Waals surface area contributed by atoms with Gasteiger partial charge in [-0.1, -0.05) is 12.1 Å². The number of hydrazine groups is 1. The maximum atomic E-state index is 13.2. The van der Waals surface area contributed by atoms with E-state index in [1.54, 1.807) is 12.3 Å². The van der Waals surface area contributed by atoms with Crippen LogP contribution in [0.1, 0.15) is 33.2 Å². The third-order valence-electron chi connectivity index (χ3n) is 4.39. The van der Waals surface area contributed by atoms with Crippen LogP contribution in [-0.4, -0.2) is 35.0 Å². The quantitative estimate of drug-likeness (QED) is 0.699. The molecular formula is C18H16FN3O5. The fraction of sp³-hybridized carbons (Fsp3) is 0.167. The molecule has 1 unspecified atom stereocenters. The summed E-state index contributed by atoms with van der Waals surface area (Å²) < 4.78 is 19.2. The highest BCUT2D eigenvalue weighted by atomic mass is 19.1. The molecule has 1 aliphatic rings. The van der Waals surface area contributed by atoms with Crippen LogP contribution < -0.4 is 15.6 Å². The van der Waals surface area contributed by atoms with Gasteiger partial charge in [0.2, 0.25) is 5.72 Å². The predicted octanol–water partition coefficient (Wildman–Crippen LogP) is 2.08. The number of hydrogen-bond acceptors (Lipinski definition) is 4. The number of benzene rings is 2. The molecule has 1 atom stereocenters. The number of carboxylic acid groups (broad SMARTS) is 1. The van der Waals surface area contributed by atoms with Crippen LogP contribution in [0.4, 0.5) is 9.18 Å². The Bertz CT molecular complexity index is 931. The van der Waals surface area contributed by atoms with E-state index in [0.29, 0.717) is 5.56 Å². The normalized spacial score (nSPS) is 18.3. The van der Waals surface area contributed by atoms with Gasteiger partial charge in [0.05, 0.1) is 5.56 Å². The lowest BCUT2D eigenvalue weighted by molar-refractivity contribution is -0.0556. The maximum absolute atomic E-state index is 13.2. The molecule has 27 heavy (non-hydrogen) atoms. The molecule has 0 fully saturated rings. The lowest BCUT2D eigenvalue weighted by Gasteiger charge is -2.43. The zero-order chi connectivity index (χ0) is 19.8. The molecule has 0 saturated heterocycles. The van der Waals surface area contributed by atoms with Crippen LogP contribution in [0.3, 0.4) is 0 Å². The van der Waals surface area contributed by atoms with Gasteiger partial charge in [-0.15, -0.1) is 0 Å². The summed E-state index contributed by atoms with van der Waals surface area (Å²) in [7, 11) is 1.54. The Hall–Kier alpha value is -3.62. The van der Waals surface area contributed by atoms with Gasteiger partial charge in [0, 0.05) is 18.2 Å². The molecule has 9 heteroatoms. The lowest BCUT2D eigenvalue weighted by Crippen LogP contribution is -2.52. The van der Waals surface area contributed by atoms with Gasteiger partial charge in [0.1, 0.15) is 11.6 Å². The van der Waals surface area contributed by atoms with Gasteiger partial charge in [0.15, 0.2) is 0 Å². The Morgan fingerprint density at radius 3 is 2.44 bits per heavy atom. The Kier molecular flexibility index (Phi) is 4.44. The SMILES string of the molecule is CN1C(=O)c2cc(C(=O)NNC(=O)O)ccc2OC1(C)c1ccc(F)cc1. The van der Waals surface area contributed by atoms with Gasteiger partial charge >= 0.3 is 6.09 Å². The first kappa shape index (κ1) is 18.2. The first-order chi connectivity index (χ1) is 12.7. The van der Waals surface area contributed by atoms with E-state index in [-0.39, 0.29) is 16.9 Å². The Labute approximate surface area is 153 Å². The van der Waals surface area contributed by atoms with Crippen molar-refractivity contribution < 1.29 is 28.6 Å². The average molecular weight is 373 g/mol. The molecule has 3 N–H and O–H groups in total. The first-order valence-corrected chi connectivity index (χ1v) is 7.89. The number of halogens is 1. The second-order valence-electron chi connectivity index (χ2n) is 6.05. The smallest absolute Gasteiger partial charge is 0.423 e. The molecule has 0 aliphatic carbocycles. The van der Waals surface area contributed by atoms with Crippen LogP contribution in [-0.2, 0) is 5.72 Å². The summed E-state index contributed by atoms with van der Waals surface area (Å²) in [5, 5.41) is 8.53. The van der Waals surface area contributed by atoms with Crippen molar-refractivity contribution in [3.8, 4) is 5.75 Å². The minimum atomic E-state index is -1.42. The fourth-order valence-electron chi connectivity index (χ4n) is 2.78. The zero-order valence-corrected chi connectivity index (χ0v) is 14.4. The Morgan fingerprint density at radius 2 is 1.81 bits per heavy atom. The van der Waals surface area contributed by atoms with Crippen molar-refractivity contribution in [3.05, 3.63) is 65.0 Å². The van der Waals surface area contributed by atoms with E-state index in [2.05, 4.69) is 0 Å². The predicted molar refractivity (Wildman–Crippen MR) is 91.5 cm³/mol. The number of fused-ring (bicyclic) bond motifs is 1.